The van der Waals surface area contributed by atoms with Crippen LogP contribution in [0.3, 0.4) is 0 Å². The van der Waals surface area contributed by atoms with Gasteiger partial charge in [0.15, 0.2) is 12.3 Å². The Morgan fingerprint density at radius 2 is 1.97 bits per heavy atom. The monoisotopic (exact) mass is 498 g/mol. The van der Waals surface area contributed by atoms with E-state index in [0.29, 0.717) is 9.92 Å². The highest BCUT2D eigenvalue weighted by Gasteiger charge is 2.25. The van der Waals surface area contributed by atoms with Crippen LogP contribution >= 0.6 is 23.4 Å². The third-order valence-electron chi connectivity index (χ3n) is 4.39. The van der Waals surface area contributed by atoms with Gasteiger partial charge in [0.05, 0.1) is 17.4 Å². The van der Waals surface area contributed by atoms with Crippen molar-refractivity contribution in [1.82, 2.24) is 9.55 Å². The van der Waals surface area contributed by atoms with Crippen molar-refractivity contribution in [3.05, 3.63) is 50.1 Å². The summed E-state index contributed by atoms with van der Waals surface area (Å²) in [7, 11) is 1.43. The van der Waals surface area contributed by atoms with E-state index in [9.17, 15) is 19.2 Å². The Morgan fingerprint density at radius 3 is 2.61 bits per heavy atom. The van der Waals surface area contributed by atoms with Crippen LogP contribution in [0.15, 0.2) is 38.8 Å². The number of carbonyl (C=O) groups excluding carboxylic acids is 2. The Bertz CT molecular complexity index is 1100. The van der Waals surface area contributed by atoms with E-state index in [0.717, 1.165) is 4.90 Å². The summed E-state index contributed by atoms with van der Waals surface area (Å²) in [4.78, 5) is 53.7. The zero-order valence-corrected chi connectivity index (χ0v) is 20.2. The number of aromatic amines is 1. The van der Waals surface area contributed by atoms with Gasteiger partial charge in [-0.1, -0.05) is 37.6 Å². The maximum absolute atomic E-state index is 12.9. The lowest BCUT2D eigenvalue weighted by Crippen LogP contribution is -2.44. The summed E-state index contributed by atoms with van der Waals surface area (Å²) >= 11 is 7.24. The smallest absolute Gasteiger partial charge is 0.330 e. The van der Waals surface area contributed by atoms with Crippen LogP contribution in [0.5, 0.6) is 0 Å². The van der Waals surface area contributed by atoms with Crippen LogP contribution in [0.25, 0.3) is 0 Å². The van der Waals surface area contributed by atoms with Crippen LogP contribution in [0.2, 0.25) is 5.02 Å². The van der Waals surface area contributed by atoms with Crippen LogP contribution in [-0.4, -0.2) is 54.0 Å². The van der Waals surface area contributed by atoms with E-state index in [1.54, 1.807) is 24.3 Å². The van der Waals surface area contributed by atoms with Gasteiger partial charge in [0, 0.05) is 25.1 Å². The predicted molar refractivity (Wildman–Crippen MR) is 128 cm³/mol. The second-order valence-electron chi connectivity index (χ2n) is 7.42. The molecule has 10 nitrogen and oxygen atoms in total. The van der Waals surface area contributed by atoms with Crippen LogP contribution < -0.4 is 21.9 Å². The van der Waals surface area contributed by atoms with E-state index in [-0.39, 0.29) is 42.9 Å². The van der Waals surface area contributed by atoms with Gasteiger partial charge >= 0.3 is 11.7 Å². The normalized spacial score (nSPS) is 10.9. The Morgan fingerprint density at radius 1 is 1.27 bits per heavy atom. The number of ether oxygens (including phenoxy) is 2. The number of aromatic nitrogens is 2. The number of hydrogen-bond donors (Lipinski definition) is 2. The molecule has 0 saturated heterocycles. The highest BCUT2D eigenvalue weighted by molar-refractivity contribution is 8.00. The molecule has 0 aliphatic heterocycles. The number of carbonyl (C=O) groups is 2. The molecule has 0 saturated carbocycles. The Kier molecular flexibility index (Phi) is 10.0. The lowest BCUT2D eigenvalue weighted by atomic mass is 10.2. The van der Waals surface area contributed by atoms with Crippen LogP contribution in [0.4, 0.5) is 11.5 Å². The Labute approximate surface area is 200 Å². The minimum absolute atomic E-state index is 0.0333. The number of nitrogens with zero attached hydrogens (tertiary/aromatic N) is 2. The van der Waals surface area contributed by atoms with E-state index >= 15 is 0 Å². The second-order valence-corrected chi connectivity index (χ2v) is 8.84. The Balaban J connectivity index is 2.17. The second kappa shape index (κ2) is 12.5. The number of thioether (sulfide) groups is 1. The molecule has 0 aliphatic rings. The average molecular weight is 499 g/mol. The minimum atomic E-state index is -0.817. The molecule has 2 aromatic rings. The molecule has 0 unspecified atom stereocenters. The molecule has 1 aromatic heterocycles. The number of rotatable bonds is 11. The zero-order chi connectivity index (χ0) is 24.5. The van der Waals surface area contributed by atoms with E-state index < -0.39 is 29.7 Å². The molecule has 1 amide bonds. The molecule has 0 spiro atoms. The van der Waals surface area contributed by atoms with Crippen molar-refractivity contribution in [1.29, 1.82) is 0 Å². The van der Waals surface area contributed by atoms with Crippen molar-refractivity contribution in [2.24, 2.45) is 5.92 Å². The number of halogens is 1. The fourth-order valence-electron chi connectivity index (χ4n) is 2.89. The van der Waals surface area contributed by atoms with E-state index in [1.807, 2.05) is 13.8 Å². The van der Waals surface area contributed by atoms with Crippen LogP contribution in [0, 0.1) is 5.92 Å². The molecular weight excluding hydrogens is 472 g/mol. The topological polar surface area (TPSA) is 137 Å². The predicted octanol–water partition coefficient (Wildman–Crippen LogP) is 1.74. The first kappa shape index (κ1) is 26.5. The van der Waals surface area contributed by atoms with Crippen LogP contribution in [-0.2, 0) is 25.6 Å². The van der Waals surface area contributed by atoms with Gasteiger partial charge in [0.1, 0.15) is 5.82 Å². The number of hydrogen-bond acceptors (Lipinski definition) is 8. The lowest BCUT2D eigenvalue weighted by Gasteiger charge is -2.24. The van der Waals surface area contributed by atoms with Gasteiger partial charge in [-0.3, -0.25) is 28.8 Å². The quantitative estimate of drug-likeness (QED) is 0.353. The number of amides is 1. The van der Waals surface area contributed by atoms with E-state index in [1.165, 1.54) is 23.4 Å². The number of nitrogens with one attached hydrogen (secondary N) is 1. The third kappa shape index (κ3) is 7.37. The molecule has 2 rings (SSSR count). The summed E-state index contributed by atoms with van der Waals surface area (Å²) in [6.07, 6.45) is 0. The summed E-state index contributed by atoms with van der Waals surface area (Å²) in [6, 6.07) is 7.03. The highest BCUT2D eigenvalue weighted by Crippen LogP contribution is 2.26. The number of methoxy groups -OCH3 is 1. The number of benzene rings is 1. The first-order valence-corrected chi connectivity index (χ1v) is 11.5. The molecule has 3 N–H and O–H groups in total. The molecule has 0 radical (unpaired) electrons. The first-order valence-electron chi connectivity index (χ1n) is 10.1. The van der Waals surface area contributed by atoms with Gasteiger partial charge in [0.2, 0.25) is 0 Å². The van der Waals surface area contributed by atoms with Gasteiger partial charge in [-0.05, 0) is 18.1 Å². The third-order valence-corrected chi connectivity index (χ3v) is 5.88. The average Bonchev–Trinajstić information content (AvgIpc) is 2.76. The van der Waals surface area contributed by atoms with Crippen LogP contribution in [0.1, 0.15) is 13.8 Å². The summed E-state index contributed by atoms with van der Waals surface area (Å²) in [5.74, 6) is -1.47. The van der Waals surface area contributed by atoms with Gasteiger partial charge < -0.3 is 15.2 Å². The number of H-pyrrole nitrogens is 1. The lowest BCUT2D eigenvalue weighted by molar-refractivity contribution is -0.145. The largest absolute Gasteiger partial charge is 0.455 e. The molecule has 180 valence electrons. The molecule has 1 heterocycles. The molecule has 33 heavy (non-hydrogen) atoms. The van der Waals surface area contributed by atoms with Gasteiger partial charge in [-0.15, -0.1) is 11.8 Å². The van der Waals surface area contributed by atoms with Crippen molar-refractivity contribution in [2.75, 3.05) is 43.3 Å². The first-order chi connectivity index (χ1) is 15.6. The van der Waals surface area contributed by atoms with E-state index in [2.05, 4.69) is 4.98 Å². The molecule has 1 aromatic carbocycles. The van der Waals surface area contributed by atoms with Crippen molar-refractivity contribution < 1.29 is 19.1 Å². The van der Waals surface area contributed by atoms with Crippen molar-refractivity contribution in [3.63, 3.8) is 0 Å². The number of nitrogens with two attached hydrogens (primary N) is 1. The van der Waals surface area contributed by atoms with Gasteiger partial charge in [-0.25, -0.2) is 4.79 Å². The summed E-state index contributed by atoms with van der Waals surface area (Å²) in [5, 5.41) is 0.503. The summed E-state index contributed by atoms with van der Waals surface area (Å²) in [5.41, 5.74) is 4.43. The fourth-order valence-corrected chi connectivity index (χ4v) is 3.93. The molecule has 0 fully saturated rings. The van der Waals surface area contributed by atoms with Crippen molar-refractivity contribution in [2.45, 2.75) is 25.3 Å². The maximum atomic E-state index is 12.9. The van der Waals surface area contributed by atoms with Crippen molar-refractivity contribution >= 4 is 46.7 Å². The standard InChI is InChI=1S/C21H27ClN4O6S/c1-13(2)10-26-19(23)18(20(29)24-21(26)30)25(8-9-31-3)16(27)11-32-17(28)12-33-15-7-5-4-6-14(15)22/h4-7,13H,8-12,23H2,1-3H3,(H,24,29,30). The Hall–Kier alpha value is -2.76. The molecule has 0 atom stereocenters. The minimum Gasteiger partial charge on any atom is -0.455 e. The van der Waals surface area contributed by atoms with Gasteiger partial charge in [-0.2, -0.15) is 0 Å². The number of anilines is 2. The van der Waals surface area contributed by atoms with Gasteiger partial charge in [0.25, 0.3) is 11.5 Å². The fraction of sp³-hybridized carbons (Fsp3) is 0.429. The maximum Gasteiger partial charge on any atom is 0.330 e. The SMILES string of the molecule is COCCN(C(=O)COC(=O)CSc1ccccc1Cl)c1c(N)n(CC(C)C)c(=O)[nH]c1=O. The molecule has 12 heteroatoms. The number of nitrogen functional groups attached to an aromatic ring is 1. The van der Waals surface area contributed by atoms with E-state index in [4.69, 9.17) is 26.8 Å². The summed E-state index contributed by atoms with van der Waals surface area (Å²) in [6.45, 7) is 3.44. The molecule has 0 aliphatic carbocycles. The molecule has 0 bridgehead atoms. The number of esters is 1. The molecular formula is C21H27ClN4O6S. The van der Waals surface area contributed by atoms with Crippen molar-refractivity contribution in [3.8, 4) is 0 Å². The zero-order valence-electron chi connectivity index (χ0n) is 18.6. The summed E-state index contributed by atoms with van der Waals surface area (Å²) < 4.78 is 11.3. The highest BCUT2D eigenvalue weighted by atomic mass is 35.5.